The van der Waals surface area contributed by atoms with Gasteiger partial charge >= 0.3 is 0 Å². The average molecular weight is 305 g/mol. The summed E-state index contributed by atoms with van der Waals surface area (Å²) in [6, 6.07) is 8.95. The number of carbonyl (C=O) groups excluding carboxylic acids is 2. The third-order valence-electron chi connectivity index (χ3n) is 3.35. The first-order valence-electron chi connectivity index (χ1n) is 6.17. The molecule has 0 aliphatic carbocycles. The van der Waals surface area contributed by atoms with E-state index in [1.54, 1.807) is 12.1 Å². The molecule has 21 heavy (non-hydrogen) atoms. The maximum Gasteiger partial charge on any atom is 0.261 e. The van der Waals surface area contributed by atoms with E-state index in [2.05, 4.69) is 0 Å². The molecule has 1 aliphatic rings. The predicted molar refractivity (Wildman–Crippen MR) is 76.5 cm³/mol. The molecule has 0 saturated carbocycles. The van der Waals surface area contributed by atoms with Crippen LogP contribution in [-0.2, 0) is 6.54 Å². The monoisotopic (exact) mass is 304 g/mol. The molecule has 1 heterocycles. The Morgan fingerprint density at radius 1 is 1.10 bits per heavy atom. The van der Waals surface area contributed by atoms with Crippen molar-refractivity contribution in [3.05, 3.63) is 63.9 Å². The number of rotatable bonds is 2. The van der Waals surface area contributed by atoms with Crippen molar-refractivity contribution in [1.82, 2.24) is 4.90 Å². The summed E-state index contributed by atoms with van der Waals surface area (Å²) in [5.74, 6) is -1.58. The maximum atomic E-state index is 13.9. The van der Waals surface area contributed by atoms with E-state index in [0.717, 1.165) is 4.90 Å². The zero-order valence-corrected chi connectivity index (χ0v) is 11.5. The van der Waals surface area contributed by atoms with Gasteiger partial charge in [0.25, 0.3) is 11.8 Å². The summed E-state index contributed by atoms with van der Waals surface area (Å²) in [4.78, 5) is 25.5. The van der Waals surface area contributed by atoms with Gasteiger partial charge in [0, 0.05) is 11.3 Å². The van der Waals surface area contributed by atoms with Gasteiger partial charge in [0.15, 0.2) is 0 Å². The molecule has 0 unspecified atom stereocenters. The number of amides is 2. The molecule has 2 amide bonds. The summed E-state index contributed by atoms with van der Waals surface area (Å²) in [6.07, 6.45) is 0. The Morgan fingerprint density at radius 3 is 2.57 bits per heavy atom. The normalized spacial score (nSPS) is 13.7. The van der Waals surface area contributed by atoms with Gasteiger partial charge in [0.2, 0.25) is 0 Å². The number of hydrogen-bond donors (Lipinski definition) is 1. The predicted octanol–water partition coefficient (Wildman–Crippen LogP) is 2.86. The van der Waals surface area contributed by atoms with Gasteiger partial charge in [0.05, 0.1) is 22.7 Å². The van der Waals surface area contributed by atoms with Crippen LogP contribution in [0, 0.1) is 5.82 Å². The number of hydrogen-bond acceptors (Lipinski definition) is 3. The molecule has 0 bridgehead atoms. The van der Waals surface area contributed by atoms with Crippen LogP contribution in [0.5, 0.6) is 0 Å². The molecule has 2 N–H and O–H groups in total. The second-order valence-electron chi connectivity index (χ2n) is 4.71. The highest BCUT2D eigenvalue weighted by Gasteiger charge is 2.35. The fourth-order valence-corrected chi connectivity index (χ4v) is 2.49. The summed E-state index contributed by atoms with van der Waals surface area (Å²) in [5.41, 5.74) is 6.71. The smallest absolute Gasteiger partial charge is 0.261 e. The van der Waals surface area contributed by atoms with Crippen LogP contribution in [0.15, 0.2) is 36.4 Å². The number of benzene rings is 2. The summed E-state index contributed by atoms with van der Waals surface area (Å²) >= 11 is 5.70. The summed E-state index contributed by atoms with van der Waals surface area (Å²) < 4.78 is 13.9. The van der Waals surface area contributed by atoms with Crippen molar-refractivity contribution in [3.63, 3.8) is 0 Å². The molecule has 0 spiro atoms. The van der Waals surface area contributed by atoms with E-state index in [-0.39, 0.29) is 28.3 Å². The first-order chi connectivity index (χ1) is 9.99. The van der Waals surface area contributed by atoms with Gasteiger partial charge in [-0.3, -0.25) is 14.5 Å². The van der Waals surface area contributed by atoms with Crippen molar-refractivity contribution >= 4 is 29.1 Å². The molecule has 0 aromatic heterocycles. The van der Waals surface area contributed by atoms with Gasteiger partial charge in [-0.15, -0.1) is 0 Å². The standard InChI is InChI=1S/C15H10ClFN2O2/c16-12-3-1-2-8(13(12)17)7-19-14(20)10-5-4-9(18)6-11(10)15(19)21/h1-6H,7,18H2. The largest absolute Gasteiger partial charge is 0.399 e. The van der Waals surface area contributed by atoms with Gasteiger partial charge in [-0.2, -0.15) is 0 Å². The number of carbonyl (C=O) groups is 2. The van der Waals surface area contributed by atoms with Crippen LogP contribution in [-0.4, -0.2) is 16.7 Å². The third-order valence-corrected chi connectivity index (χ3v) is 3.65. The Hall–Kier alpha value is -2.40. The van der Waals surface area contributed by atoms with Crippen molar-refractivity contribution in [1.29, 1.82) is 0 Å². The SMILES string of the molecule is Nc1ccc2c(c1)C(=O)N(Cc1cccc(Cl)c1F)C2=O. The van der Waals surface area contributed by atoms with Crippen molar-refractivity contribution in [3.8, 4) is 0 Å². The highest BCUT2D eigenvalue weighted by Crippen LogP contribution is 2.27. The first-order valence-corrected chi connectivity index (χ1v) is 6.55. The zero-order chi connectivity index (χ0) is 15.1. The van der Waals surface area contributed by atoms with Crippen molar-refractivity contribution < 1.29 is 14.0 Å². The number of nitrogens with two attached hydrogens (primary N) is 1. The van der Waals surface area contributed by atoms with Crippen LogP contribution in [0.1, 0.15) is 26.3 Å². The van der Waals surface area contributed by atoms with Crippen LogP contribution in [0.25, 0.3) is 0 Å². The lowest BCUT2D eigenvalue weighted by atomic mass is 10.1. The van der Waals surface area contributed by atoms with Gasteiger partial charge in [-0.25, -0.2) is 4.39 Å². The van der Waals surface area contributed by atoms with E-state index in [9.17, 15) is 14.0 Å². The number of imide groups is 1. The molecular weight excluding hydrogens is 295 g/mol. The van der Waals surface area contributed by atoms with E-state index in [4.69, 9.17) is 17.3 Å². The molecule has 0 radical (unpaired) electrons. The molecule has 6 heteroatoms. The number of anilines is 1. The minimum Gasteiger partial charge on any atom is -0.399 e. The fourth-order valence-electron chi connectivity index (χ4n) is 2.29. The lowest BCUT2D eigenvalue weighted by Crippen LogP contribution is -2.29. The quantitative estimate of drug-likeness (QED) is 0.685. The highest BCUT2D eigenvalue weighted by molar-refractivity contribution is 6.30. The number of nitrogens with zero attached hydrogens (tertiary/aromatic N) is 1. The minimum atomic E-state index is -0.629. The van der Waals surface area contributed by atoms with Crippen LogP contribution in [0.3, 0.4) is 0 Å². The molecule has 1 aliphatic heterocycles. The van der Waals surface area contributed by atoms with E-state index < -0.39 is 17.6 Å². The third kappa shape index (κ3) is 2.15. The molecule has 0 saturated heterocycles. The molecule has 2 aromatic rings. The number of halogens is 2. The summed E-state index contributed by atoms with van der Waals surface area (Å²) in [6.45, 7) is -0.168. The van der Waals surface area contributed by atoms with E-state index in [1.807, 2.05) is 0 Å². The lowest BCUT2D eigenvalue weighted by Gasteiger charge is -2.14. The van der Waals surface area contributed by atoms with Gasteiger partial charge in [0.1, 0.15) is 5.82 Å². The van der Waals surface area contributed by atoms with E-state index in [1.165, 1.54) is 24.3 Å². The Morgan fingerprint density at radius 2 is 1.81 bits per heavy atom. The van der Waals surface area contributed by atoms with Crippen molar-refractivity contribution in [2.45, 2.75) is 6.54 Å². The molecule has 0 atom stereocenters. The second kappa shape index (κ2) is 4.86. The topological polar surface area (TPSA) is 63.4 Å². The lowest BCUT2D eigenvalue weighted by molar-refractivity contribution is 0.0641. The van der Waals surface area contributed by atoms with E-state index in [0.29, 0.717) is 5.69 Å². The average Bonchev–Trinajstić information content (AvgIpc) is 2.68. The minimum absolute atomic E-state index is 0.0478. The molecular formula is C15H10ClFN2O2. The van der Waals surface area contributed by atoms with Crippen molar-refractivity contribution in [2.75, 3.05) is 5.73 Å². The molecule has 0 fully saturated rings. The fraction of sp³-hybridized carbons (Fsp3) is 0.0667. The van der Waals surface area contributed by atoms with Crippen LogP contribution in [0.2, 0.25) is 5.02 Å². The zero-order valence-electron chi connectivity index (χ0n) is 10.8. The highest BCUT2D eigenvalue weighted by atomic mass is 35.5. The Balaban J connectivity index is 1.97. The second-order valence-corrected chi connectivity index (χ2v) is 5.12. The molecule has 3 rings (SSSR count). The molecule has 2 aromatic carbocycles. The Kier molecular flexibility index (Phi) is 3.14. The Bertz CT molecular complexity index is 776. The van der Waals surface area contributed by atoms with Crippen LogP contribution < -0.4 is 5.73 Å². The molecule has 106 valence electrons. The number of nitrogen functional groups attached to an aromatic ring is 1. The van der Waals surface area contributed by atoms with Gasteiger partial charge < -0.3 is 5.73 Å². The maximum absolute atomic E-state index is 13.9. The summed E-state index contributed by atoms with van der Waals surface area (Å²) in [5, 5.41) is -0.0478. The number of fused-ring (bicyclic) bond motifs is 1. The van der Waals surface area contributed by atoms with Gasteiger partial charge in [-0.05, 0) is 24.3 Å². The van der Waals surface area contributed by atoms with E-state index >= 15 is 0 Å². The van der Waals surface area contributed by atoms with Gasteiger partial charge in [-0.1, -0.05) is 23.7 Å². The first kappa shape index (κ1) is 13.6. The van der Waals surface area contributed by atoms with Crippen molar-refractivity contribution in [2.24, 2.45) is 0 Å². The van der Waals surface area contributed by atoms with Crippen LogP contribution >= 0.6 is 11.6 Å². The summed E-state index contributed by atoms with van der Waals surface area (Å²) in [7, 11) is 0. The van der Waals surface area contributed by atoms with Crippen LogP contribution in [0.4, 0.5) is 10.1 Å². The molecule has 4 nitrogen and oxygen atoms in total. The Labute approximate surface area is 124 Å².